The fourth-order valence-electron chi connectivity index (χ4n) is 1.71. The Morgan fingerprint density at radius 2 is 2.31 bits per heavy atom. The van der Waals surface area contributed by atoms with Gasteiger partial charge in [0.1, 0.15) is 18.5 Å². The third-order valence-electron chi connectivity index (χ3n) is 2.54. The Hall–Kier alpha value is -0.710. The van der Waals surface area contributed by atoms with Crippen LogP contribution in [-0.4, -0.2) is 35.3 Å². The molecule has 0 radical (unpaired) electrons. The molecule has 0 aliphatic carbocycles. The van der Waals surface area contributed by atoms with Crippen LogP contribution in [-0.2, 0) is 6.42 Å². The molecule has 0 amide bonds. The fourth-order valence-corrected chi connectivity index (χ4v) is 2.83. The highest BCUT2D eigenvalue weighted by Gasteiger charge is 2.15. The lowest BCUT2D eigenvalue weighted by Crippen LogP contribution is -2.21. The summed E-state index contributed by atoms with van der Waals surface area (Å²) >= 11 is 1.81. The molecule has 0 aromatic heterocycles. The summed E-state index contributed by atoms with van der Waals surface area (Å²) in [4.78, 5) is 1.19. The van der Waals surface area contributed by atoms with Gasteiger partial charge in [-0.1, -0.05) is 12.1 Å². The summed E-state index contributed by atoms with van der Waals surface area (Å²) in [5, 5.41) is 18.0. The summed E-state index contributed by atoms with van der Waals surface area (Å²) in [7, 11) is 0. The first kappa shape index (κ1) is 11.8. The number of thioether (sulfide) groups is 1. The maximum atomic E-state index is 9.24. The van der Waals surface area contributed by atoms with Gasteiger partial charge in [-0.3, -0.25) is 0 Å². The molecule has 2 N–H and O–H groups in total. The summed E-state index contributed by atoms with van der Waals surface area (Å²) in [5.41, 5.74) is 1.33. The summed E-state index contributed by atoms with van der Waals surface area (Å²) in [6, 6.07) is 6.02. The number of aryl methyl sites for hydroxylation is 1. The standard InChI is InChI=1S/C12H16O3S/c13-7-10(14)8-15-11-5-1-3-9-4-2-6-16-12(9)11/h1,3,5,10,13-14H,2,4,6-8H2. The number of aliphatic hydroxyl groups is 2. The molecule has 1 aliphatic rings. The molecule has 4 heteroatoms. The van der Waals surface area contributed by atoms with Crippen LogP contribution in [0, 0.1) is 0 Å². The van der Waals surface area contributed by atoms with Crippen molar-refractivity contribution in [2.75, 3.05) is 19.0 Å². The van der Waals surface area contributed by atoms with E-state index < -0.39 is 6.10 Å². The van der Waals surface area contributed by atoms with E-state index in [0.29, 0.717) is 0 Å². The number of hydrogen-bond donors (Lipinski definition) is 2. The van der Waals surface area contributed by atoms with Gasteiger partial charge >= 0.3 is 0 Å². The summed E-state index contributed by atoms with van der Waals surface area (Å²) in [6.45, 7) is -0.115. The van der Waals surface area contributed by atoms with Crippen molar-refractivity contribution in [3.8, 4) is 5.75 Å². The van der Waals surface area contributed by atoms with Crippen LogP contribution in [0.4, 0.5) is 0 Å². The third kappa shape index (κ3) is 2.70. The Balaban J connectivity index is 2.08. The molecular formula is C12H16O3S. The molecule has 1 heterocycles. The number of benzene rings is 1. The maximum Gasteiger partial charge on any atom is 0.133 e. The first-order chi connectivity index (χ1) is 7.81. The normalized spacial score (nSPS) is 16.6. The van der Waals surface area contributed by atoms with E-state index in [4.69, 9.17) is 9.84 Å². The molecular weight excluding hydrogens is 224 g/mol. The minimum absolute atomic E-state index is 0.146. The van der Waals surface area contributed by atoms with Crippen LogP contribution in [0.15, 0.2) is 23.1 Å². The Morgan fingerprint density at radius 1 is 1.44 bits per heavy atom. The Kier molecular flexibility index (Phi) is 4.09. The average molecular weight is 240 g/mol. The number of aliphatic hydroxyl groups excluding tert-OH is 2. The predicted octanol–water partition coefficient (Wildman–Crippen LogP) is 1.46. The topological polar surface area (TPSA) is 49.7 Å². The van der Waals surface area contributed by atoms with Gasteiger partial charge in [0.15, 0.2) is 0 Å². The van der Waals surface area contributed by atoms with Gasteiger partial charge in [-0.2, -0.15) is 0 Å². The molecule has 0 saturated carbocycles. The second-order valence-electron chi connectivity index (χ2n) is 3.84. The van der Waals surface area contributed by atoms with E-state index in [9.17, 15) is 5.11 Å². The molecule has 88 valence electrons. The van der Waals surface area contributed by atoms with E-state index in [1.807, 2.05) is 12.1 Å². The SMILES string of the molecule is OCC(O)COc1cccc2c1SCCC2. The van der Waals surface area contributed by atoms with E-state index in [1.165, 1.54) is 16.9 Å². The summed E-state index contributed by atoms with van der Waals surface area (Å²) in [6.07, 6.45) is 1.51. The van der Waals surface area contributed by atoms with Crippen LogP contribution >= 0.6 is 11.8 Å². The zero-order valence-corrected chi connectivity index (χ0v) is 9.87. The molecule has 0 bridgehead atoms. The van der Waals surface area contributed by atoms with Crippen LogP contribution in [0.2, 0.25) is 0 Å². The van der Waals surface area contributed by atoms with E-state index in [1.54, 1.807) is 11.8 Å². The van der Waals surface area contributed by atoms with E-state index in [-0.39, 0.29) is 13.2 Å². The first-order valence-electron chi connectivity index (χ1n) is 5.47. The smallest absolute Gasteiger partial charge is 0.133 e. The van der Waals surface area contributed by atoms with Gasteiger partial charge in [0.2, 0.25) is 0 Å². The lowest BCUT2D eigenvalue weighted by molar-refractivity contribution is 0.0526. The molecule has 2 rings (SSSR count). The zero-order chi connectivity index (χ0) is 11.4. The van der Waals surface area contributed by atoms with E-state index >= 15 is 0 Å². The fraction of sp³-hybridized carbons (Fsp3) is 0.500. The minimum atomic E-state index is -0.801. The second-order valence-corrected chi connectivity index (χ2v) is 4.95. The first-order valence-corrected chi connectivity index (χ1v) is 6.46. The van der Waals surface area contributed by atoms with Crippen LogP contribution in [0.3, 0.4) is 0 Å². The summed E-state index contributed by atoms with van der Waals surface area (Å²) in [5.74, 6) is 1.95. The van der Waals surface area contributed by atoms with Gasteiger partial charge < -0.3 is 14.9 Å². The highest BCUT2D eigenvalue weighted by atomic mass is 32.2. The van der Waals surface area contributed by atoms with Crippen molar-refractivity contribution in [3.05, 3.63) is 23.8 Å². The monoisotopic (exact) mass is 240 g/mol. The molecule has 1 aromatic carbocycles. The molecule has 1 aromatic rings. The predicted molar refractivity (Wildman–Crippen MR) is 64.1 cm³/mol. The summed E-state index contributed by atoms with van der Waals surface area (Å²) < 4.78 is 5.53. The molecule has 16 heavy (non-hydrogen) atoms. The molecule has 3 nitrogen and oxygen atoms in total. The molecule has 1 atom stereocenters. The highest BCUT2D eigenvalue weighted by Crippen LogP contribution is 2.37. The van der Waals surface area contributed by atoms with Gasteiger partial charge in [0, 0.05) is 0 Å². The van der Waals surface area contributed by atoms with Gasteiger partial charge in [-0.05, 0) is 30.2 Å². The molecule has 1 unspecified atom stereocenters. The second kappa shape index (κ2) is 5.57. The average Bonchev–Trinajstić information content (AvgIpc) is 2.35. The maximum absolute atomic E-state index is 9.24. The van der Waals surface area contributed by atoms with Crippen molar-refractivity contribution in [3.63, 3.8) is 0 Å². The molecule has 0 fully saturated rings. The quantitative estimate of drug-likeness (QED) is 0.836. The van der Waals surface area contributed by atoms with Crippen molar-refractivity contribution in [2.24, 2.45) is 0 Å². The van der Waals surface area contributed by atoms with Gasteiger partial charge in [-0.25, -0.2) is 0 Å². The third-order valence-corrected chi connectivity index (χ3v) is 3.78. The zero-order valence-electron chi connectivity index (χ0n) is 9.06. The van der Waals surface area contributed by atoms with Crippen molar-refractivity contribution in [2.45, 2.75) is 23.8 Å². The van der Waals surface area contributed by atoms with E-state index in [2.05, 4.69) is 6.07 Å². The lowest BCUT2D eigenvalue weighted by Gasteiger charge is -2.19. The lowest BCUT2D eigenvalue weighted by atomic mass is 10.1. The van der Waals surface area contributed by atoms with Gasteiger partial charge in [-0.15, -0.1) is 11.8 Å². The van der Waals surface area contributed by atoms with Crippen molar-refractivity contribution < 1.29 is 14.9 Å². The van der Waals surface area contributed by atoms with Gasteiger partial charge in [0.05, 0.1) is 11.5 Å². The molecule has 1 aliphatic heterocycles. The Bertz CT molecular complexity index is 354. The van der Waals surface area contributed by atoms with Crippen molar-refractivity contribution >= 4 is 11.8 Å². The minimum Gasteiger partial charge on any atom is -0.490 e. The number of ether oxygens (including phenoxy) is 1. The van der Waals surface area contributed by atoms with Gasteiger partial charge in [0.25, 0.3) is 0 Å². The van der Waals surface area contributed by atoms with E-state index in [0.717, 1.165) is 17.9 Å². The van der Waals surface area contributed by atoms with Crippen LogP contribution < -0.4 is 4.74 Å². The Morgan fingerprint density at radius 3 is 3.12 bits per heavy atom. The molecule has 0 saturated heterocycles. The number of rotatable bonds is 4. The van der Waals surface area contributed by atoms with Crippen LogP contribution in [0.5, 0.6) is 5.75 Å². The molecule has 0 spiro atoms. The highest BCUT2D eigenvalue weighted by molar-refractivity contribution is 7.99. The van der Waals surface area contributed by atoms with Crippen LogP contribution in [0.25, 0.3) is 0 Å². The van der Waals surface area contributed by atoms with Crippen molar-refractivity contribution in [1.82, 2.24) is 0 Å². The largest absolute Gasteiger partial charge is 0.490 e. The van der Waals surface area contributed by atoms with Crippen molar-refractivity contribution in [1.29, 1.82) is 0 Å². The number of fused-ring (bicyclic) bond motifs is 1. The number of hydrogen-bond acceptors (Lipinski definition) is 4. The van der Waals surface area contributed by atoms with Crippen LogP contribution in [0.1, 0.15) is 12.0 Å². The Labute approximate surface area is 99.4 Å².